The Balaban J connectivity index is 1.65. The van der Waals surface area contributed by atoms with Crippen molar-refractivity contribution in [2.24, 2.45) is 0 Å². The van der Waals surface area contributed by atoms with Crippen LogP contribution >= 0.6 is 0 Å². The molecule has 4 heteroatoms. The topological polar surface area (TPSA) is 24.9 Å². The monoisotopic (exact) mass is 306 g/mol. The van der Waals surface area contributed by atoms with E-state index in [2.05, 4.69) is 23.9 Å². The van der Waals surface area contributed by atoms with Gasteiger partial charge in [0.1, 0.15) is 5.75 Å². The number of para-hydroxylation sites is 1. The molecule has 22 heavy (non-hydrogen) atoms. The largest absolute Gasteiger partial charge is 0.494 e. The molecule has 0 radical (unpaired) electrons. The Bertz CT molecular complexity index is 414. The first-order valence-corrected chi connectivity index (χ1v) is 8.24. The van der Waals surface area contributed by atoms with Crippen molar-refractivity contribution in [2.75, 3.05) is 54.0 Å². The summed E-state index contributed by atoms with van der Waals surface area (Å²) in [6.45, 7) is 5.14. The van der Waals surface area contributed by atoms with E-state index >= 15 is 0 Å². The Morgan fingerprint density at radius 3 is 2.41 bits per heavy atom. The minimum absolute atomic E-state index is 0.0422. The van der Waals surface area contributed by atoms with Crippen molar-refractivity contribution < 1.29 is 9.47 Å². The van der Waals surface area contributed by atoms with Gasteiger partial charge in [0.25, 0.3) is 0 Å². The maximum Gasteiger partial charge on any atom is 0.119 e. The molecule has 124 valence electrons. The quantitative estimate of drug-likeness (QED) is 0.689. The van der Waals surface area contributed by atoms with E-state index in [9.17, 15) is 0 Å². The van der Waals surface area contributed by atoms with E-state index in [1.807, 2.05) is 37.4 Å². The van der Waals surface area contributed by atoms with E-state index < -0.39 is 0 Å². The molecule has 1 saturated heterocycles. The Morgan fingerprint density at radius 1 is 1.14 bits per heavy atom. The summed E-state index contributed by atoms with van der Waals surface area (Å²) in [7, 11) is 6.09. The van der Waals surface area contributed by atoms with E-state index in [4.69, 9.17) is 9.47 Å². The molecule has 1 aromatic rings. The maximum absolute atomic E-state index is 5.83. The number of rotatable bonds is 8. The van der Waals surface area contributed by atoms with E-state index in [0.29, 0.717) is 0 Å². The van der Waals surface area contributed by atoms with Gasteiger partial charge in [-0.25, -0.2) is 0 Å². The molecule has 0 spiro atoms. The molecule has 1 fully saturated rings. The highest BCUT2D eigenvalue weighted by atomic mass is 16.5. The highest BCUT2D eigenvalue weighted by Crippen LogP contribution is 2.26. The molecular formula is C18H30N2O2. The summed E-state index contributed by atoms with van der Waals surface area (Å²) in [5.41, 5.74) is 0.0422. The summed E-state index contributed by atoms with van der Waals surface area (Å²) in [5, 5.41) is 0. The number of hydrogen-bond donors (Lipinski definition) is 0. The van der Waals surface area contributed by atoms with Gasteiger partial charge in [0.05, 0.1) is 12.2 Å². The summed E-state index contributed by atoms with van der Waals surface area (Å²) < 4.78 is 11.6. The molecule has 0 aliphatic carbocycles. The van der Waals surface area contributed by atoms with Crippen LogP contribution in [0.4, 0.5) is 0 Å². The van der Waals surface area contributed by atoms with Crippen LogP contribution in [-0.4, -0.2) is 69.4 Å². The smallest absolute Gasteiger partial charge is 0.119 e. The van der Waals surface area contributed by atoms with E-state index in [0.717, 1.165) is 57.8 Å². The zero-order valence-corrected chi connectivity index (χ0v) is 14.3. The molecule has 0 bridgehead atoms. The van der Waals surface area contributed by atoms with Gasteiger partial charge >= 0.3 is 0 Å². The SMILES string of the molecule is COC1(CN(C)C)CCN(CCCOc2ccccc2)CC1. The van der Waals surface area contributed by atoms with Gasteiger partial charge in [-0.2, -0.15) is 0 Å². The van der Waals surface area contributed by atoms with Crippen LogP contribution < -0.4 is 4.74 Å². The summed E-state index contributed by atoms with van der Waals surface area (Å²) in [4.78, 5) is 4.76. The molecule has 4 nitrogen and oxygen atoms in total. The van der Waals surface area contributed by atoms with Gasteiger partial charge in [0.15, 0.2) is 0 Å². The summed E-state index contributed by atoms with van der Waals surface area (Å²) in [6, 6.07) is 10.0. The van der Waals surface area contributed by atoms with Gasteiger partial charge in [-0.1, -0.05) is 18.2 Å². The number of ether oxygens (including phenoxy) is 2. The van der Waals surface area contributed by atoms with Crippen molar-refractivity contribution in [1.82, 2.24) is 9.80 Å². The van der Waals surface area contributed by atoms with Crippen LogP contribution in [-0.2, 0) is 4.74 Å². The first kappa shape index (κ1) is 17.3. The van der Waals surface area contributed by atoms with Crippen molar-refractivity contribution in [3.05, 3.63) is 30.3 Å². The van der Waals surface area contributed by atoms with Crippen LogP contribution in [0.2, 0.25) is 0 Å². The third-order valence-corrected chi connectivity index (χ3v) is 4.44. The Labute approximate surface area is 135 Å². The fourth-order valence-corrected chi connectivity index (χ4v) is 3.18. The van der Waals surface area contributed by atoms with Gasteiger partial charge in [-0.3, -0.25) is 0 Å². The highest BCUT2D eigenvalue weighted by molar-refractivity contribution is 5.20. The van der Waals surface area contributed by atoms with Gasteiger partial charge in [-0.05, 0) is 45.5 Å². The minimum atomic E-state index is 0.0422. The lowest BCUT2D eigenvalue weighted by molar-refractivity contribution is -0.0703. The lowest BCUT2D eigenvalue weighted by Gasteiger charge is -2.42. The molecule has 0 amide bonds. The standard InChI is InChI=1S/C18H30N2O2/c1-19(2)16-18(21-3)10-13-20(14-11-18)12-7-15-22-17-8-5-4-6-9-17/h4-6,8-9H,7,10-16H2,1-3H3. The van der Waals surface area contributed by atoms with Crippen LogP contribution in [0, 0.1) is 0 Å². The fourth-order valence-electron chi connectivity index (χ4n) is 3.18. The number of piperidine rings is 1. The Morgan fingerprint density at radius 2 is 1.82 bits per heavy atom. The lowest BCUT2D eigenvalue weighted by Crippen LogP contribution is -2.51. The summed E-state index contributed by atoms with van der Waals surface area (Å²) in [6.07, 6.45) is 3.30. The normalized spacial score (nSPS) is 18.5. The molecule has 1 heterocycles. The maximum atomic E-state index is 5.83. The van der Waals surface area contributed by atoms with Crippen LogP contribution in [0.25, 0.3) is 0 Å². The van der Waals surface area contributed by atoms with Crippen LogP contribution in [0.15, 0.2) is 30.3 Å². The van der Waals surface area contributed by atoms with E-state index in [1.54, 1.807) is 0 Å². The number of likely N-dealkylation sites (tertiary alicyclic amines) is 1. The minimum Gasteiger partial charge on any atom is -0.494 e. The predicted molar refractivity (Wildman–Crippen MR) is 90.5 cm³/mol. The van der Waals surface area contributed by atoms with Gasteiger partial charge in [-0.15, -0.1) is 0 Å². The molecule has 1 aliphatic heterocycles. The molecular weight excluding hydrogens is 276 g/mol. The Kier molecular flexibility index (Phi) is 6.68. The first-order chi connectivity index (χ1) is 10.6. The zero-order chi connectivity index (χ0) is 15.8. The third-order valence-electron chi connectivity index (χ3n) is 4.44. The highest BCUT2D eigenvalue weighted by Gasteiger charge is 2.34. The fraction of sp³-hybridized carbons (Fsp3) is 0.667. The molecule has 0 N–H and O–H groups in total. The molecule has 1 aromatic carbocycles. The lowest BCUT2D eigenvalue weighted by atomic mass is 9.90. The molecule has 0 atom stereocenters. The third kappa shape index (κ3) is 5.27. The van der Waals surface area contributed by atoms with Crippen molar-refractivity contribution in [1.29, 1.82) is 0 Å². The number of methoxy groups -OCH3 is 1. The van der Waals surface area contributed by atoms with Gasteiger partial charge in [0, 0.05) is 33.3 Å². The van der Waals surface area contributed by atoms with Crippen LogP contribution in [0.3, 0.4) is 0 Å². The molecule has 1 aliphatic rings. The first-order valence-electron chi connectivity index (χ1n) is 8.24. The molecule has 0 saturated carbocycles. The van der Waals surface area contributed by atoms with E-state index in [-0.39, 0.29) is 5.60 Å². The summed E-state index contributed by atoms with van der Waals surface area (Å²) in [5.74, 6) is 0.963. The number of likely N-dealkylation sites (N-methyl/N-ethyl adjacent to an activating group) is 1. The number of benzene rings is 1. The average molecular weight is 306 g/mol. The van der Waals surface area contributed by atoms with Crippen molar-refractivity contribution in [3.63, 3.8) is 0 Å². The predicted octanol–water partition coefficient (Wildman–Crippen LogP) is 2.50. The average Bonchev–Trinajstić information content (AvgIpc) is 2.53. The van der Waals surface area contributed by atoms with Gasteiger partial charge < -0.3 is 19.3 Å². The van der Waals surface area contributed by atoms with E-state index in [1.165, 1.54) is 0 Å². The molecule has 0 unspecified atom stereocenters. The molecule has 0 aromatic heterocycles. The second-order valence-electron chi connectivity index (χ2n) is 6.48. The second-order valence-corrected chi connectivity index (χ2v) is 6.48. The van der Waals surface area contributed by atoms with Crippen molar-refractivity contribution in [3.8, 4) is 5.75 Å². The second kappa shape index (κ2) is 8.51. The summed E-state index contributed by atoms with van der Waals surface area (Å²) >= 11 is 0. The number of hydrogen-bond acceptors (Lipinski definition) is 4. The van der Waals surface area contributed by atoms with Crippen LogP contribution in [0.1, 0.15) is 19.3 Å². The Hall–Kier alpha value is -1.10. The van der Waals surface area contributed by atoms with Gasteiger partial charge in [0.2, 0.25) is 0 Å². The zero-order valence-electron chi connectivity index (χ0n) is 14.3. The number of nitrogens with zero attached hydrogens (tertiary/aromatic N) is 2. The van der Waals surface area contributed by atoms with Crippen LogP contribution in [0.5, 0.6) is 5.75 Å². The molecule has 2 rings (SSSR count). The van der Waals surface area contributed by atoms with Crippen molar-refractivity contribution >= 4 is 0 Å². The van der Waals surface area contributed by atoms with Crippen molar-refractivity contribution in [2.45, 2.75) is 24.9 Å².